The average molecular weight is 283 g/mol. The van der Waals surface area contributed by atoms with Crippen molar-refractivity contribution < 1.29 is 5.11 Å². The third-order valence-corrected chi connectivity index (χ3v) is 3.13. The molecule has 0 amide bonds. The van der Waals surface area contributed by atoms with Crippen LogP contribution >= 0.6 is 24.8 Å². The van der Waals surface area contributed by atoms with Crippen molar-refractivity contribution in [1.82, 2.24) is 9.13 Å². The number of nitriles is 1. The molecule has 0 aliphatic rings. The summed E-state index contributed by atoms with van der Waals surface area (Å²) < 4.78 is 3.06. The Kier molecular flexibility index (Phi) is 4.76. The third kappa shape index (κ3) is 2.49. The number of thiol groups is 1. The van der Waals surface area contributed by atoms with E-state index in [1.54, 1.807) is 19.9 Å². The lowest BCUT2D eigenvalue weighted by molar-refractivity contribution is 0.399. The number of hydrogen-bond acceptors (Lipinski definition) is 5. The standard InChI is InChI=1S/C11H13N3O2S2/c1-3-13-9(15)8(5-7(17)6-12)10(16)14(4-2)11(13)18/h5,15,17H,3-4H2,1-2H3. The number of rotatable bonds is 3. The van der Waals surface area contributed by atoms with Crippen molar-refractivity contribution in [3.05, 3.63) is 25.6 Å². The Labute approximate surface area is 115 Å². The van der Waals surface area contributed by atoms with E-state index in [2.05, 4.69) is 12.6 Å². The molecule has 18 heavy (non-hydrogen) atoms. The number of aromatic nitrogens is 2. The van der Waals surface area contributed by atoms with E-state index in [0.717, 1.165) is 0 Å². The summed E-state index contributed by atoms with van der Waals surface area (Å²) in [6, 6.07) is 1.79. The highest BCUT2D eigenvalue weighted by molar-refractivity contribution is 7.85. The van der Waals surface area contributed by atoms with E-state index in [1.165, 1.54) is 15.2 Å². The van der Waals surface area contributed by atoms with E-state index in [9.17, 15) is 9.90 Å². The van der Waals surface area contributed by atoms with Crippen LogP contribution in [0.5, 0.6) is 5.88 Å². The molecule has 96 valence electrons. The first-order chi connectivity index (χ1) is 8.47. The van der Waals surface area contributed by atoms with E-state index >= 15 is 0 Å². The van der Waals surface area contributed by atoms with Gasteiger partial charge in [0, 0.05) is 13.1 Å². The monoisotopic (exact) mass is 283 g/mol. The highest BCUT2D eigenvalue weighted by Gasteiger charge is 2.13. The molecule has 0 atom stereocenters. The predicted octanol–water partition coefficient (Wildman–Crippen LogP) is 1.92. The van der Waals surface area contributed by atoms with Crippen molar-refractivity contribution in [3.63, 3.8) is 0 Å². The second-order valence-electron chi connectivity index (χ2n) is 3.45. The third-order valence-electron chi connectivity index (χ3n) is 2.46. The molecule has 0 fully saturated rings. The molecule has 0 saturated heterocycles. The van der Waals surface area contributed by atoms with Crippen molar-refractivity contribution in [2.75, 3.05) is 0 Å². The Hall–Kier alpha value is -1.52. The van der Waals surface area contributed by atoms with Crippen molar-refractivity contribution in [1.29, 1.82) is 5.26 Å². The molecule has 0 aromatic carbocycles. The minimum Gasteiger partial charge on any atom is -0.494 e. The van der Waals surface area contributed by atoms with Crippen LogP contribution in [0.25, 0.3) is 6.08 Å². The highest BCUT2D eigenvalue weighted by atomic mass is 32.1. The predicted molar refractivity (Wildman–Crippen MR) is 75.1 cm³/mol. The maximum atomic E-state index is 12.1. The normalized spacial score (nSPS) is 11.3. The zero-order chi connectivity index (χ0) is 13.9. The molecule has 0 aliphatic heterocycles. The summed E-state index contributed by atoms with van der Waals surface area (Å²) in [7, 11) is 0. The molecule has 1 heterocycles. The summed E-state index contributed by atoms with van der Waals surface area (Å²) in [4.78, 5) is 12.1. The molecule has 1 N–H and O–H groups in total. The fraction of sp³-hybridized carbons (Fsp3) is 0.364. The van der Waals surface area contributed by atoms with Crippen LogP contribution < -0.4 is 5.56 Å². The number of nitrogens with zero attached hydrogens (tertiary/aromatic N) is 3. The number of allylic oxidation sites excluding steroid dienone is 1. The van der Waals surface area contributed by atoms with Crippen LogP contribution in [0.15, 0.2) is 9.70 Å². The molecule has 0 spiro atoms. The molecule has 0 radical (unpaired) electrons. The van der Waals surface area contributed by atoms with E-state index in [-0.39, 0.29) is 21.1 Å². The van der Waals surface area contributed by atoms with Crippen molar-refractivity contribution in [2.45, 2.75) is 26.9 Å². The van der Waals surface area contributed by atoms with E-state index in [4.69, 9.17) is 17.5 Å². The van der Waals surface area contributed by atoms with Gasteiger partial charge in [0.15, 0.2) is 4.77 Å². The number of aromatic hydroxyl groups is 1. The maximum Gasteiger partial charge on any atom is 0.265 e. The van der Waals surface area contributed by atoms with Gasteiger partial charge in [-0.1, -0.05) is 0 Å². The Balaban J connectivity index is 3.79. The van der Waals surface area contributed by atoms with Gasteiger partial charge in [-0.05, 0) is 32.1 Å². The molecule has 7 heteroatoms. The zero-order valence-electron chi connectivity index (χ0n) is 10.0. The van der Waals surface area contributed by atoms with Crippen molar-refractivity contribution >= 4 is 30.9 Å². The summed E-state index contributed by atoms with van der Waals surface area (Å²) in [5, 5.41) is 18.7. The molecular weight excluding hydrogens is 270 g/mol. The lowest BCUT2D eigenvalue weighted by Crippen LogP contribution is -2.26. The molecule has 1 aromatic heterocycles. The molecule has 1 rings (SSSR count). The zero-order valence-corrected chi connectivity index (χ0v) is 11.8. The summed E-state index contributed by atoms with van der Waals surface area (Å²) in [6.45, 7) is 4.42. The maximum absolute atomic E-state index is 12.1. The molecule has 1 aromatic rings. The van der Waals surface area contributed by atoms with Gasteiger partial charge in [0.05, 0.1) is 4.91 Å². The fourth-order valence-electron chi connectivity index (χ4n) is 1.57. The molecule has 0 aliphatic carbocycles. The Morgan fingerprint density at radius 1 is 1.50 bits per heavy atom. The van der Waals surface area contributed by atoms with Crippen molar-refractivity contribution in [2.24, 2.45) is 0 Å². The van der Waals surface area contributed by atoms with Gasteiger partial charge in [-0.3, -0.25) is 13.9 Å². The minimum atomic E-state index is -0.425. The van der Waals surface area contributed by atoms with Gasteiger partial charge in [0.25, 0.3) is 5.56 Å². The smallest absolute Gasteiger partial charge is 0.265 e. The van der Waals surface area contributed by atoms with Gasteiger partial charge in [0.1, 0.15) is 11.6 Å². The van der Waals surface area contributed by atoms with Gasteiger partial charge in [-0.25, -0.2) is 0 Å². The van der Waals surface area contributed by atoms with E-state index < -0.39 is 5.56 Å². The Morgan fingerprint density at radius 2 is 2.06 bits per heavy atom. The summed E-state index contributed by atoms with van der Waals surface area (Å²) in [6.07, 6.45) is 1.24. The lowest BCUT2D eigenvalue weighted by atomic mass is 10.2. The van der Waals surface area contributed by atoms with E-state index in [0.29, 0.717) is 13.1 Å². The minimum absolute atomic E-state index is 0.0267. The molecule has 0 saturated carbocycles. The van der Waals surface area contributed by atoms with Gasteiger partial charge >= 0.3 is 0 Å². The Bertz CT molecular complexity index is 650. The van der Waals surface area contributed by atoms with Crippen LogP contribution in [-0.2, 0) is 13.1 Å². The first-order valence-electron chi connectivity index (χ1n) is 5.35. The lowest BCUT2D eigenvalue weighted by Gasteiger charge is -2.13. The van der Waals surface area contributed by atoms with Gasteiger partial charge in [-0.15, -0.1) is 12.6 Å². The topological polar surface area (TPSA) is 71.0 Å². The fourth-order valence-corrected chi connectivity index (χ4v) is 2.13. The van der Waals surface area contributed by atoms with Gasteiger partial charge < -0.3 is 5.11 Å². The van der Waals surface area contributed by atoms with Crippen LogP contribution in [0.2, 0.25) is 0 Å². The second kappa shape index (κ2) is 5.89. The molecule has 0 bridgehead atoms. The summed E-state index contributed by atoms with van der Waals surface area (Å²) in [5.74, 6) is -0.237. The highest BCUT2D eigenvalue weighted by Crippen LogP contribution is 2.18. The number of hydrogen-bond donors (Lipinski definition) is 2. The average Bonchev–Trinajstić information content (AvgIpc) is 2.35. The largest absolute Gasteiger partial charge is 0.494 e. The second-order valence-corrected chi connectivity index (χ2v) is 4.30. The SMILES string of the molecule is CCn1c(O)c(C=C(S)C#N)c(=O)n(CC)c1=S. The van der Waals surface area contributed by atoms with Crippen LogP contribution in [0.1, 0.15) is 19.4 Å². The summed E-state index contributed by atoms with van der Waals surface area (Å²) >= 11 is 9.02. The van der Waals surface area contributed by atoms with Gasteiger partial charge in [-0.2, -0.15) is 5.26 Å². The van der Waals surface area contributed by atoms with E-state index in [1.807, 2.05) is 0 Å². The Morgan fingerprint density at radius 3 is 2.50 bits per heavy atom. The van der Waals surface area contributed by atoms with Crippen LogP contribution in [0.4, 0.5) is 0 Å². The van der Waals surface area contributed by atoms with Crippen LogP contribution in [0.3, 0.4) is 0 Å². The summed E-state index contributed by atoms with van der Waals surface area (Å²) in [5.41, 5.74) is -0.398. The van der Waals surface area contributed by atoms with Gasteiger partial charge in [0.2, 0.25) is 5.88 Å². The molecule has 0 unspecified atom stereocenters. The van der Waals surface area contributed by atoms with Crippen LogP contribution in [-0.4, -0.2) is 14.2 Å². The van der Waals surface area contributed by atoms with Crippen molar-refractivity contribution in [3.8, 4) is 11.9 Å². The quantitative estimate of drug-likeness (QED) is 0.505. The van der Waals surface area contributed by atoms with Crippen LogP contribution in [0, 0.1) is 16.1 Å². The first kappa shape index (κ1) is 14.5. The molecular formula is C11H13N3O2S2. The molecule has 5 nitrogen and oxygen atoms in total. The first-order valence-corrected chi connectivity index (χ1v) is 6.20.